The van der Waals surface area contributed by atoms with Crippen molar-refractivity contribution in [3.63, 3.8) is 0 Å². The van der Waals surface area contributed by atoms with Crippen LogP contribution in [0.5, 0.6) is 0 Å². The number of halogens is 3. The molecule has 8 nitrogen and oxygen atoms in total. The van der Waals surface area contributed by atoms with E-state index in [-0.39, 0.29) is 11.7 Å². The van der Waals surface area contributed by atoms with Crippen LogP contribution in [0.1, 0.15) is 49.1 Å². The number of hydrogen-bond acceptors (Lipinski definition) is 7. The molecule has 39 heavy (non-hydrogen) atoms. The maximum Gasteiger partial charge on any atom is 0.433 e. The van der Waals surface area contributed by atoms with Gasteiger partial charge in [0.2, 0.25) is 0 Å². The molecule has 0 aromatic carbocycles. The molecular weight excluding hydrogens is 509 g/mol. The molecular formula is C28H31F3N6O2. The van der Waals surface area contributed by atoms with Crippen LogP contribution in [0.15, 0.2) is 47.5 Å². The highest BCUT2D eigenvalue weighted by Gasteiger charge is 2.32. The van der Waals surface area contributed by atoms with E-state index in [1.165, 1.54) is 17.1 Å². The van der Waals surface area contributed by atoms with Crippen molar-refractivity contribution < 1.29 is 17.9 Å². The number of nitrogens with zero attached hydrogens (tertiary/aromatic N) is 6. The molecule has 1 aliphatic heterocycles. The number of ether oxygens (including phenoxy) is 1. The Morgan fingerprint density at radius 1 is 1.08 bits per heavy atom. The molecule has 0 N–H and O–H groups in total. The number of rotatable bonds is 3. The van der Waals surface area contributed by atoms with Crippen molar-refractivity contribution in [2.75, 3.05) is 24.6 Å². The van der Waals surface area contributed by atoms with E-state index in [1.54, 1.807) is 26.2 Å². The highest BCUT2D eigenvalue weighted by atomic mass is 19.4. The summed E-state index contributed by atoms with van der Waals surface area (Å²) in [4.78, 5) is 32.3. The Kier molecular flexibility index (Phi) is 8.29. The van der Waals surface area contributed by atoms with Crippen LogP contribution >= 0.6 is 0 Å². The van der Waals surface area contributed by atoms with E-state index in [9.17, 15) is 18.0 Å². The number of pyridine rings is 3. The first kappa shape index (κ1) is 28.2. The molecule has 4 aromatic rings. The summed E-state index contributed by atoms with van der Waals surface area (Å²) in [6.07, 6.45) is -0.693. The molecule has 0 bridgehead atoms. The van der Waals surface area contributed by atoms with Gasteiger partial charge in [0.15, 0.2) is 0 Å². The van der Waals surface area contributed by atoms with Crippen LogP contribution in [0.4, 0.5) is 19.0 Å². The fraction of sp³-hybridized carbons (Fsp3) is 0.393. The third kappa shape index (κ3) is 6.08. The summed E-state index contributed by atoms with van der Waals surface area (Å²) in [6, 6.07) is 7.75. The van der Waals surface area contributed by atoms with Gasteiger partial charge in [-0.1, -0.05) is 20.3 Å². The van der Waals surface area contributed by atoms with Crippen molar-refractivity contribution >= 4 is 16.7 Å². The minimum Gasteiger partial charge on any atom is -0.370 e. The summed E-state index contributed by atoms with van der Waals surface area (Å²) < 4.78 is 46.6. The summed E-state index contributed by atoms with van der Waals surface area (Å²) in [5, 5.41) is 0.325. The second-order valence-electron chi connectivity index (χ2n) is 9.42. The minimum atomic E-state index is -4.56. The first-order valence-electron chi connectivity index (χ1n) is 12.7. The molecule has 1 saturated heterocycles. The van der Waals surface area contributed by atoms with Gasteiger partial charge in [-0.05, 0) is 49.7 Å². The quantitative estimate of drug-likeness (QED) is 0.343. The average Bonchev–Trinajstić information content (AvgIpc) is 2.91. The summed E-state index contributed by atoms with van der Waals surface area (Å²) in [5.41, 5.74) is 1.53. The van der Waals surface area contributed by atoms with Gasteiger partial charge < -0.3 is 9.64 Å². The topological polar surface area (TPSA) is 86.0 Å². The Morgan fingerprint density at radius 3 is 2.46 bits per heavy atom. The number of anilines is 1. The van der Waals surface area contributed by atoms with Gasteiger partial charge in [-0.3, -0.25) is 19.3 Å². The molecule has 0 spiro atoms. The van der Waals surface area contributed by atoms with Gasteiger partial charge in [-0.2, -0.15) is 13.2 Å². The van der Waals surface area contributed by atoms with Gasteiger partial charge >= 0.3 is 6.18 Å². The number of aromatic nitrogens is 5. The van der Waals surface area contributed by atoms with E-state index in [4.69, 9.17) is 9.72 Å². The van der Waals surface area contributed by atoms with Crippen LogP contribution < -0.4 is 10.5 Å². The second kappa shape index (κ2) is 11.5. The zero-order valence-corrected chi connectivity index (χ0v) is 22.6. The monoisotopic (exact) mass is 540 g/mol. The predicted molar refractivity (Wildman–Crippen MR) is 144 cm³/mol. The lowest BCUT2D eigenvalue weighted by atomic mass is 10.1. The van der Waals surface area contributed by atoms with Crippen LogP contribution in [0, 0.1) is 13.8 Å². The molecule has 1 aliphatic rings. The van der Waals surface area contributed by atoms with Crippen LogP contribution in [0.2, 0.25) is 0 Å². The van der Waals surface area contributed by atoms with E-state index in [0.29, 0.717) is 53.5 Å². The van der Waals surface area contributed by atoms with Gasteiger partial charge in [0, 0.05) is 43.8 Å². The highest BCUT2D eigenvalue weighted by molar-refractivity contribution is 5.92. The summed E-state index contributed by atoms with van der Waals surface area (Å²) in [6.45, 7) is 9.29. The molecule has 11 heteroatoms. The molecule has 206 valence electrons. The molecule has 1 atom stereocenters. The van der Waals surface area contributed by atoms with Crippen LogP contribution in [-0.2, 0) is 18.0 Å². The van der Waals surface area contributed by atoms with Gasteiger partial charge in [0.05, 0.1) is 12.0 Å². The van der Waals surface area contributed by atoms with Gasteiger partial charge in [-0.25, -0.2) is 9.97 Å². The first-order valence-corrected chi connectivity index (χ1v) is 12.7. The SMILES string of the molecule is CCC.Cc1cc(C2CN(c3cc4c(=O)n(C)c(C)nc4c(-c4ccc(C(F)(F)F)nc4)n3)CCO2)ccn1. The third-order valence-electron chi connectivity index (χ3n) is 6.28. The number of alkyl halides is 3. The fourth-order valence-electron chi connectivity index (χ4n) is 4.26. The maximum atomic E-state index is 13.2. The lowest BCUT2D eigenvalue weighted by Crippen LogP contribution is -2.39. The number of morpholine rings is 1. The van der Waals surface area contributed by atoms with Gasteiger partial charge in [0.1, 0.15) is 34.7 Å². The average molecular weight is 541 g/mol. The fourth-order valence-corrected chi connectivity index (χ4v) is 4.26. The van der Waals surface area contributed by atoms with E-state index < -0.39 is 11.9 Å². The minimum absolute atomic E-state index is 0.229. The number of hydrogen-bond donors (Lipinski definition) is 0. The second-order valence-corrected chi connectivity index (χ2v) is 9.42. The molecule has 0 radical (unpaired) electrons. The number of aryl methyl sites for hydroxylation is 2. The standard InChI is InChI=1S/C25H23F3N6O2.C3H8/c1-14-10-16(6-7-29-14)19-13-34(8-9-36-19)21-11-18-23(31-15(2)33(3)24(18)35)22(32-21)17-4-5-20(30-12-17)25(26,27)28;1-3-2/h4-7,10-12,19H,8-9,13H2,1-3H3;3H2,1-2H3. The van der Waals surface area contributed by atoms with Gasteiger partial charge in [0.25, 0.3) is 5.56 Å². The molecule has 1 unspecified atom stereocenters. The van der Waals surface area contributed by atoms with Gasteiger partial charge in [-0.15, -0.1) is 0 Å². The van der Waals surface area contributed by atoms with E-state index >= 15 is 0 Å². The zero-order valence-electron chi connectivity index (χ0n) is 22.6. The summed E-state index contributed by atoms with van der Waals surface area (Å²) in [7, 11) is 1.63. The van der Waals surface area contributed by atoms with E-state index in [0.717, 1.165) is 23.5 Å². The smallest absolute Gasteiger partial charge is 0.370 e. The van der Waals surface area contributed by atoms with E-state index in [1.807, 2.05) is 24.0 Å². The van der Waals surface area contributed by atoms with Crippen molar-refractivity contribution in [2.24, 2.45) is 7.05 Å². The molecule has 0 saturated carbocycles. The maximum absolute atomic E-state index is 13.2. The van der Waals surface area contributed by atoms with Crippen LogP contribution in [0.3, 0.4) is 0 Å². The Hall–Kier alpha value is -3.86. The van der Waals surface area contributed by atoms with Crippen molar-refractivity contribution in [2.45, 2.75) is 46.4 Å². The van der Waals surface area contributed by atoms with Crippen molar-refractivity contribution in [1.29, 1.82) is 0 Å². The Labute approximate surface area is 224 Å². The van der Waals surface area contributed by atoms with Crippen LogP contribution in [0.25, 0.3) is 22.2 Å². The van der Waals surface area contributed by atoms with Crippen molar-refractivity contribution in [3.05, 3.63) is 75.9 Å². The molecule has 0 aliphatic carbocycles. The molecule has 5 rings (SSSR count). The first-order chi connectivity index (χ1) is 18.5. The largest absolute Gasteiger partial charge is 0.433 e. The lowest BCUT2D eigenvalue weighted by Gasteiger charge is -2.34. The van der Waals surface area contributed by atoms with Crippen LogP contribution in [-0.4, -0.2) is 44.2 Å². The van der Waals surface area contributed by atoms with Crippen molar-refractivity contribution in [1.82, 2.24) is 24.5 Å². The normalized spacial score (nSPS) is 15.7. The Bertz CT molecular complexity index is 1520. The zero-order chi connectivity index (χ0) is 28.3. The molecule has 1 fully saturated rings. The molecule has 4 aromatic heterocycles. The molecule has 5 heterocycles. The Balaban J connectivity index is 0.00000112. The summed E-state index contributed by atoms with van der Waals surface area (Å²) in [5.74, 6) is 0.974. The lowest BCUT2D eigenvalue weighted by molar-refractivity contribution is -0.141. The van der Waals surface area contributed by atoms with Crippen molar-refractivity contribution in [3.8, 4) is 11.3 Å². The predicted octanol–water partition coefficient (Wildman–Crippen LogP) is 5.42. The number of fused-ring (bicyclic) bond motifs is 1. The van der Waals surface area contributed by atoms with E-state index in [2.05, 4.69) is 28.8 Å². The summed E-state index contributed by atoms with van der Waals surface area (Å²) >= 11 is 0. The Morgan fingerprint density at radius 2 is 1.82 bits per heavy atom. The highest BCUT2D eigenvalue weighted by Crippen LogP contribution is 2.33. The third-order valence-corrected chi connectivity index (χ3v) is 6.28. The molecule has 0 amide bonds.